The molecule has 2 heterocycles. The minimum atomic E-state index is -0.352. The Hall–Kier alpha value is -3.67. The first-order valence-electron chi connectivity index (χ1n) is 8.90. The van der Waals surface area contributed by atoms with Gasteiger partial charge in [0.25, 0.3) is 5.91 Å². The smallest absolute Gasteiger partial charge is 0.261 e. The van der Waals surface area contributed by atoms with Gasteiger partial charge < -0.3 is 9.88 Å². The van der Waals surface area contributed by atoms with Gasteiger partial charge in [-0.1, -0.05) is 17.7 Å². The van der Waals surface area contributed by atoms with Crippen molar-refractivity contribution in [1.29, 1.82) is 0 Å². The van der Waals surface area contributed by atoms with E-state index in [1.807, 2.05) is 60.3 Å². The van der Waals surface area contributed by atoms with Crippen LogP contribution in [0.1, 0.15) is 21.6 Å². The number of carbonyl (C=O) groups excluding carboxylic acids is 1. The van der Waals surface area contributed by atoms with E-state index >= 15 is 0 Å². The third-order valence-electron chi connectivity index (χ3n) is 4.49. The van der Waals surface area contributed by atoms with Gasteiger partial charge in [0.05, 0.1) is 11.4 Å². The van der Waals surface area contributed by atoms with Crippen LogP contribution in [0, 0.1) is 19.7 Å². The number of benzene rings is 2. The Bertz CT molecular complexity index is 1110. The maximum atomic E-state index is 13.2. The molecule has 6 heteroatoms. The lowest BCUT2D eigenvalue weighted by atomic mass is 10.2. The number of rotatable bonds is 4. The molecule has 140 valence electrons. The zero-order valence-electron chi connectivity index (χ0n) is 15.6. The third-order valence-corrected chi connectivity index (χ3v) is 4.49. The molecule has 1 amide bonds. The monoisotopic (exact) mass is 374 g/mol. The molecule has 0 aliphatic rings. The lowest BCUT2D eigenvalue weighted by molar-refractivity contribution is 0.102. The van der Waals surface area contributed by atoms with Crippen molar-refractivity contribution in [3.8, 4) is 11.5 Å². The largest absolute Gasteiger partial charge is 0.322 e. The number of anilines is 1. The molecular weight excluding hydrogens is 355 g/mol. The number of nitrogens with one attached hydrogen (secondary N) is 1. The van der Waals surface area contributed by atoms with E-state index in [0.29, 0.717) is 22.8 Å². The summed E-state index contributed by atoms with van der Waals surface area (Å²) >= 11 is 0. The average molecular weight is 374 g/mol. The molecule has 0 radical (unpaired) electrons. The van der Waals surface area contributed by atoms with E-state index in [2.05, 4.69) is 10.4 Å². The molecule has 0 atom stereocenters. The molecule has 4 aromatic rings. The van der Waals surface area contributed by atoms with Gasteiger partial charge in [-0.15, -0.1) is 0 Å². The summed E-state index contributed by atoms with van der Waals surface area (Å²) in [5.41, 5.74) is 3.58. The van der Waals surface area contributed by atoms with E-state index in [0.717, 1.165) is 11.3 Å². The van der Waals surface area contributed by atoms with Crippen molar-refractivity contribution in [3.63, 3.8) is 0 Å². The van der Waals surface area contributed by atoms with Crippen molar-refractivity contribution in [2.24, 2.45) is 0 Å². The zero-order chi connectivity index (χ0) is 19.7. The van der Waals surface area contributed by atoms with E-state index in [1.54, 1.807) is 11.6 Å². The standard InChI is InChI=1S/C22H19FN4O/c1-15-5-11-19(12-6-15)27-22(26-13-3-4-14-26)20(16(2)25-27)21(28)24-18-9-7-17(23)8-10-18/h3-14H,1-2H3,(H,24,28). The van der Waals surface area contributed by atoms with Crippen molar-refractivity contribution in [2.75, 3.05) is 5.32 Å². The van der Waals surface area contributed by atoms with E-state index in [1.165, 1.54) is 24.3 Å². The molecule has 0 saturated heterocycles. The van der Waals surface area contributed by atoms with Gasteiger partial charge in [0.15, 0.2) is 5.82 Å². The molecule has 2 aromatic carbocycles. The normalized spacial score (nSPS) is 10.8. The van der Waals surface area contributed by atoms with Gasteiger partial charge in [-0.25, -0.2) is 9.07 Å². The minimum Gasteiger partial charge on any atom is -0.322 e. The first-order chi connectivity index (χ1) is 13.5. The van der Waals surface area contributed by atoms with Crippen LogP contribution in [0.4, 0.5) is 10.1 Å². The highest BCUT2D eigenvalue weighted by Gasteiger charge is 2.23. The van der Waals surface area contributed by atoms with E-state index in [4.69, 9.17) is 0 Å². The first-order valence-corrected chi connectivity index (χ1v) is 8.90. The second kappa shape index (κ2) is 7.15. The number of aromatic nitrogens is 3. The van der Waals surface area contributed by atoms with E-state index in [9.17, 15) is 9.18 Å². The number of hydrogen-bond donors (Lipinski definition) is 1. The number of amides is 1. The minimum absolute atomic E-state index is 0.300. The van der Waals surface area contributed by atoms with Crippen LogP contribution in [0.15, 0.2) is 73.1 Å². The zero-order valence-corrected chi connectivity index (χ0v) is 15.6. The summed E-state index contributed by atoms with van der Waals surface area (Å²) in [6.45, 7) is 3.82. The Morgan fingerprint density at radius 3 is 2.25 bits per heavy atom. The molecule has 2 aromatic heterocycles. The Kier molecular flexibility index (Phi) is 4.53. The maximum Gasteiger partial charge on any atom is 0.261 e. The van der Waals surface area contributed by atoms with Gasteiger partial charge in [0.2, 0.25) is 0 Å². The molecule has 0 fully saturated rings. The molecule has 0 aliphatic heterocycles. The van der Waals surface area contributed by atoms with Gasteiger partial charge in [-0.05, 0) is 62.4 Å². The molecule has 5 nitrogen and oxygen atoms in total. The molecule has 28 heavy (non-hydrogen) atoms. The fourth-order valence-electron chi connectivity index (χ4n) is 3.09. The van der Waals surface area contributed by atoms with E-state index in [-0.39, 0.29) is 11.7 Å². The molecule has 4 rings (SSSR count). The summed E-state index contributed by atoms with van der Waals surface area (Å²) in [6.07, 6.45) is 3.74. The maximum absolute atomic E-state index is 13.2. The first kappa shape index (κ1) is 17.7. The van der Waals surface area contributed by atoms with Crippen LogP contribution in [0.2, 0.25) is 0 Å². The Labute approximate surface area is 162 Å². The second-order valence-corrected chi connectivity index (χ2v) is 6.58. The van der Waals surface area contributed by atoms with Gasteiger partial charge in [-0.2, -0.15) is 5.10 Å². The third kappa shape index (κ3) is 3.32. The van der Waals surface area contributed by atoms with Gasteiger partial charge in [-0.3, -0.25) is 4.79 Å². The highest BCUT2D eigenvalue weighted by atomic mass is 19.1. The molecule has 0 aliphatic carbocycles. The SMILES string of the molecule is Cc1ccc(-n2nc(C)c(C(=O)Nc3ccc(F)cc3)c2-n2cccc2)cc1. The van der Waals surface area contributed by atoms with Crippen molar-refractivity contribution >= 4 is 11.6 Å². The Balaban J connectivity index is 1.81. The summed E-state index contributed by atoms with van der Waals surface area (Å²) < 4.78 is 16.8. The summed E-state index contributed by atoms with van der Waals surface area (Å²) in [5.74, 6) is -0.00784. The number of aryl methyl sites for hydroxylation is 2. The van der Waals surface area contributed by atoms with Crippen LogP contribution in [0.5, 0.6) is 0 Å². The number of carbonyl (C=O) groups is 1. The molecule has 0 spiro atoms. The molecule has 1 N–H and O–H groups in total. The predicted molar refractivity (Wildman–Crippen MR) is 107 cm³/mol. The second-order valence-electron chi connectivity index (χ2n) is 6.58. The predicted octanol–water partition coefficient (Wildman–Crippen LogP) is 4.67. The Morgan fingerprint density at radius 1 is 0.964 bits per heavy atom. The van der Waals surface area contributed by atoms with Crippen LogP contribution in [-0.4, -0.2) is 20.3 Å². The summed E-state index contributed by atoms with van der Waals surface area (Å²) in [7, 11) is 0. The number of hydrogen-bond acceptors (Lipinski definition) is 2. The van der Waals surface area contributed by atoms with E-state index < -0.39 is 0 Å². The highest BCUT2D eigenvalue weighted by Crippen LogP contribution is 2.24. The Morgan fingerprint density at radius 2 is 1.61 bits per heavy atom. The van der Waals surface area contributed by atoms with Crippen LogP contribution in [0.3, 0.4) is 0 Å². The van der Waals surface area contributed by atoms with Crippen molar-refractivity contribution in [3.05, 3.63) is 95.7 Å². The quantitative estimate of drug-likeness (QED) is 0.564. The van der Waals surface area contributed by atoms with Crippen LogP contribution in [-0.2, 0) is 0 Å². The van der Waals surface area contributed by atoms with Crippen LogP contribution in [0.25, 0.3) is 11.5 Å². The number of halogens is 1. The summed E-state index contributed by atoms with van der Waals surface area (Å²) in [4.78, 5) is 13.1. The van der Waals surface area contributed by atoms with Gasteiger partial charge in [0, 0.05) is 18.1 Å². The highest BCUT2D eigenvalue weighted by molar-refractivity contribution is 6.07. The topological polar surface area (TPSA) is 51.9 Å². The van der Waals surface area contributed by atoms with Crippen molar-refractivity contribution in [2.45, 2.75) is 13.8 Å². The molecule has 0 unspecified atom stereocenters. The fraction of sp³-hybridized carbons (Fsp3) is 0.0909. The summed E-state index contributed by atoms with van der Waals surface area (Å²) in [5, 5.41) is 7.45. The van der Waals surface area contributed by atoms with Gasteiger partial charge >= 0.3 is 0 Å². The summed E-state index contributed by atoms with van der Waals surface area (Å²) in [6, 6.07) is 17.4. The van der Waals surface area contributed by atoms with Crippen LogP contribution < -0.4 is 5.32 Å². The molecular formula is C22H19FN4O. The van der Waals surface area contributed by atoms with Crippen molar-refractivity contribution in [1.82, 2.24) is 14.3 Å². The fourth-order valence-corrected chi connectivity index (χ4v) is 3.09. The van der Waals surface area contributed by atoms with Crippen molar-refractivity contribution < 1.29 is 9.18 Å². The average Bonchev–Trinajstić information content (AvgIpc) is 3.31. The lowest BCUT2D eigenvalue weighted by Crippen LogP contribution is -2.16. The lowest BCUT2D eigenvalue weighted by Gasteiger charge is -2.11. The van der Waals surface area contributed by atoms with Gasteiger partial charge in [0.1, 0.15) is 11.4 Å². The number of nitrogens with zero attached hydrogens (tertiary/aromatic N) is 3. The molecule has 0 bridgehead atoms. The van der Waals surface area contributed by atoms with Crippen LogP contribution >= 0.6 is 0 Å². The molecule has 0 saturated carbocycles.